The summed E-state index contributed by atoms with van der Waals surface area (Å²) < 4.78 is 26.9. The van der Waals surface area contributed by atoms with E-state index in [1.54, 1.807) is 35.2 Å². The van der Waals surface area contributed by atoms with Gasteiger partial charge in [0.15, 0.2) is 0 Å². The average Bonchev–Trinajstić information content (AvgIpc) is 3.36. The second-order valence-corrected chi connectivity index (χ2v) is 11.2. The van der Waals surface area contributed by atoms with Gasteiger partial charge in [0.2, 0.25) is 21.8 Å². The summed E-state index contributed by atoms with van der Waals surface area (Å²) >= 11 is 0. The number of nitrogens with one attached hydrogen (secondary N) is 1. The fourth-order valence-electron chi connectivity index (χ4n) is 4.80. The van der Waals surface area contributed by atoms with Gasteiger partial charge in [-0.2, -0.15) is 4.31 Å². The molecule has 2 aromatic rings. The summed E-state index contributed by atoms with van der Waals surface area (Å²) in [5, 5.41) is 3.08. The molecule has 0 aliphatic carbocycles. The zero-order chi connectivity index (χ0) is 24.8. The number of rotatable bonds is 8. The molecule has 8 nitrogen and oxygen atoms in total. The molecule has 0 bridgehead atoms. The van der Waals surface area contributed by atoms with E-state index in [0.29, 0.717) is 19.1 Å². The van der Waals surface area contributed by atoms with E-state index in [-0.39, 0.29) is 48.7 Å². The van der Waals surface area contributed by atoms with Crippen molar-refractivity contribution in [3.63, 3.8) is 0 Å². The molecule has 2 heterocycles. The van der Waals surface area contributed by atoms with Crippen LogP contribution in [0.5, 0.6) is 0 Å². The summed E-state index contributed by atoms with van der Waals surface area (Å²) in [5.41, 5.74) is 1.27. The van der Waals surface area contributed by atoms with Crippen LogP contribution in [0, 0.1) is 0 Å². The predicted octanol–water partition coefficient (Wildman–Crippen LogP) is 2.25. The van der Waals surface area contributed by atoms with Crippen molar-refractivity contribution in [2.24, 2.45) is 0 Å². The van der Waals surface area contributed by atoms with Gasteiger partial charge in [0, 0.05) is 64.2 Å². The molecular formula is C26H34N4O4S. The molecule has 2 fully saturated rings. The quantitative estimate of drug-likeness (QED) is 0.603. The zero-order valence-corrected chi connectivity index (χ0v) is 21.0. The van der Waals surface area contributed by atoms with Gasteiger partial charge in [-0.25, -0.2) is 8.42 Å². The Morgan fingerprint density at radius 3 is 2.20 bits per heavy atom. The van der Waals surface area contributed by atoms with Crippen LogP contribution >= 0.6 is 0 Å². The minimum absolute atomic E-state index is 0.0931. The summed E-state index contributed by atoms with van der Waals surface area (Å²) in [6.45, 7) is 5.09. The third kappa shape index (κ3) is 6.28. The molecule has 0 aromatic heterocycles. The molecule has 2 aliphatic heterocycles. The fourth-order valence-corrected chi connectivity index (χ4v) is 6.24. The van der Waals surface area contributed by atoms with Crippen molar-refractivity contribution in [2.45, 2.75) is 43.2 Å². The smallest absolute Gasteiger partial charge is 0.243 e. The van der Waals surface area contributed by atoms with E-state index >= 15 is 0 Å². The molecule has 1 N–H and O–H groups in total. The number of carbonyl (C=O) groups excluding carboxylic acids is 2. The Hall–Kier alpha value is -2.75. The van der Waals surface area contributed by atoms with E-state index in [1.807, 2.05) is 18.2 Å². The highest BCUT2D eigenvalue weighted by Gasteiger charge is 2.31. The van der Waals surface area contributed by atoms with Gasteiger partial charge < -0.3 is 10.2 Å². The van der Waals surface area contributed by atoms with E-state index in [2.05, 4.69) is 29.3 Å². The van der Waals surface area contributed by atoms with Crippen molar-refractivity contribution in [1.29, 1.82) is 0 Å². The molecule has 2 unspecified atom stereocenters. The fraction of sp³-hybridized carbons (Fsp3) is 0.462. The van der Waals surface area contributed by atoms with Crippen molar-refractivity contribution in [2.75, 3.05) is 39.3 Å². The van der Waals surface area contributed by atoms with Crippen molar-refractivity contribution in [3.05, 3.63) is 66.2 Å². The minimum atomic E-state index is -3.55. The molecule has 2 amide bonds. The Kier molecular flexibility index (Phi) is 8.20. The number of sulfonamides is 1. The van der Waals surface area contributed by atoms with Gasteiger partial charge in [-0.3, -0.25) is 14.5 Å². The van der Waals surface area contributed by atoms with Crippen LogP contribution in [0.25, 0.3) is 0 Å². The topological polar surface area (TPSA) is 90.0 Å². The standard InChI is InChI=1S/C26H34N4O4S/c1-21(22-8-4-2-5-9-22)29-15-14-23(20-29)27-25(31)12-13-26(32)28-16-18-30(19-17-28)35(33,34)24-10-6-3-7-11-24/h2-11,21,23H,12-20H2,1H3,(H,27,31). The van der Waals surface area contributed by atoms with Crippen molar-refractivity contribution in [1.82, 2.24) is 19.4 Å². The Balaban J connectivity index is 1.18. The third-order valence-electron chi connectivity index (χ3n) is 6.95. The van der Waals surface area contributed by atoms with E-state index < -0.39 is 10.0 Å². The second-order valence-electron chi connectivity index (χ2n) is 9.23. The summed E-state index contributed by atoms with van der Waals surface area (Å²) in [5.74, 6) is -0.217. The van der Waals surface area contributed by atoms with E-state index in [9.17, 15) is 18.0 Å². The van der Waals surface area contributed by atoms with Crippen LogP contribution in [-0.4, -0.2) is 79.6 Å². The van der Waals surface area contributed by atoms with Gasteiger partial charge >= 0.3 is 0 Å². The SMILES string of the molecule is CC(c1ccccc1)N1CCC(NC(=O)CCC(=O)N2CCN(S(=O)(=O)c3ccccc3)CC2)C1. The van der Waals surface area contributed by atoms with Gasteiger partial charge in [0.1, 0.15) is 0 Å². The van der Waals surface area contributed by atoms with Crippen LogP contribution < -0.4 is 5.32 Å². The van der Waals surface area contributed by atoms with E-state index in [1.165, 1.54) is 9.87 Å². The van der Waals surface area contributed by atoms with Crippen LogP contribution in [-0.2, 0) is 19.6 Å². The van der Waals surface area contributed by atoms with Crippen molar-refractivity contribution >= 4 is 21.8 Å². The molecule has 188 valence electrons. The number of hydrogen-bond acceptors (Lipinski definition) is 5. The maximum atomic E-state index is 12.8. The molecule has 2 saturated heterocycles. The normalized spacial score (nSPS) is 20.5. The minimum Gasteiger partial charge on any atom is -0.352 e. The average molecular weight is 499 g/mol. The molecule has 2 atom stereocenters. The number of carbonyl (C=O) groups is 2. The lowest BCUT2D eigenvalue weighted by molar-refractivity contribution is -0.134. The monoisotopic (exact) mass is 498 g/mol. The number of benzene rings is 2. The van der Waals surface area contributed by atoms with Gasteiger partial charge in [0.25, 0.3) is 0 Å². The van der Waals surface area contributed by atoms with Crippen LogP contribution in [0.2, 0.25) is 0 Å². The molecule has 0 radical (unpaired) electrons. The number of piperazine rings is 1. The molecule has 2 aromatic carbocycles. The Morgan fingerprint density at radius 1 is 0.914 bits per heavy atom. The molecular weight excluding hydrogens is 464 g/mol. The molecule has 2 aliphatic rings. The van der Waals surface area contributed by atoms with Crippen LogP contribution in [0.1, 0.15) is 37.8 Å². The Labute approximate surface area is 207 Å². The highest BCUT2D eigenvalue weighted by atomic mass is 32.2. The summed E-state index contributed by atoms with van der Waals surface area (Å²) in [7, 11) is -3.55. The maximum Gasteiger partial charge on any atom is 0.243 e. The zero-order valence-electron chi connectivity index (χ0n) is 20.2. The first-order chi connectivity index (χ1) is 16.8. The van der Waals surface area contributed by atoms with Gasteiger partial charge in [-0.1, -0.05) is 48.5 Å². The molecule has 35 heavy (non-hydrogen) atoms. The third-order valence-corrected chi connectivity index (χ3v) is 8.87. The largest absolute Gasteiger partial charge is 0.352 e. The lowest BCUT2D eigenvalue weighted by atomic mass is 10.1. The maximum absolute atomic E-state index is 12.8. The van der Waals surface area contributed by atoms with Crippen molar-refractivity contribution < 1.29 is 18.0 Å². The molecule has 0 spiro atoms. The van der Waals surface area contributed by atoms with Crippen molar-refractivity contribution in [3.8, 4) is 0 Å². The Bertz CT molecular complexity index is 1100. The van der Waals surface area contributed by atoms with Gasteiger partial charge in [-0.05, 0) is 31.0 Å². The second kappa shape index (κ2) is 11.3. The summed E-state index contributed by atoms with van der Waals surface area (Å²) in [6.07, 6.45) is 1.18. The number of hydrogen-bond donors (Lipinski definition) is 1. The highest BCUT2D eigenvalue weighted by Crippen LogP contribution is 2.24. The molecule has 9 heteroatoms. The Morgan fingerprint density at radius 2 is 1.54 bits per heavy atom. The van der Waals surface area contributed by atoms with E-state index in [4.69, 9.17) is 0 Å². The van der Waals surface area contributed by atoms with Crippen LogP contribution in [0.4, 0.5) is 0 Å². The van der Waals surface area contributed by atoms with Gasteiger partial charge in [-0.15, -0.1) is 0 Å². The lowest BCUT2D eigenvalue weighted by Crippen LogP contribution is -2.50. The first-order valence-electron chi connectivity index (χ1n) is 12.3. The van der Waals surface area contributed by atoms with Gasteiger partial charge in [0.05, 0.1) is 4.90 Å². The summed E-state index contributed by atoms with van der Waals surface area (Å²) in [6, 6.07) is 19.1. The highest BCUT2D eigenvalue weighted by molar-refractivity contribution is 7.89. The van der Waals surface area contributed by atoms with Crippen LogP contribution in [0.15, 0.2) is 65.6 Å². The molecule has 0 saturated carbocycles. The molecule has 4 rings (SSSR count). The summed E-state index contributed by atoms with van der Waals surface area (Å²) in [4.78, 5) is 29.4. The lowest BCUT2D eigenvalue weighted by Gasteiger charge is -2.34. The van der Waals surface area contributed by atoms with Crippen LogP contribution in [0.3, 0.4) is 0 Å². The number of nitrogens with zero attached hydrogens (tertiary/aromatic N) is 3. The number of likely N-dealkylation sites (tertiary alicyclic amines) is 1. The predicted molar refractivity (Wildman–Crippen MR) is 134 cm³/mol. The first-order valence-corrected chi connectivity index (χ1v) is 13.7. The first kappa shape index (κ1) is 25.3. The van der Waals surface area contributed by atoms with E-state index in [0.717, 1.165) is 19.5 Å². The number of amides is 2.